The van der Waals surface area contributed by atoms with E-state index in [2.05, 4.69) is 0 Å². The van der Waals surface area contributed by atoms with E-state index in [1.807, 2.05) is 43.3 Å². The van der Waals surface area contributed by atoms with Crippen molar-refractivity contribution in [3.8, 4) is 0 Å². The molecule has 0 atom stereocenters. The number of hydrogen-bond acceptors (Lipinski definition) is 3. The van der Waals surface area contributed by atoms with Gasteiger partial charge in [-0.15, -0.1) is 0 Å². The van der Waals surface area contributed by atoms with Crippen molar-refractivity contribution in [1.29, 1.82) is 0 Å². The Morgan fingerprint density at radius 2 is 1.61 bits per heavy atom. The highest BCUT2D eigenvalue weighted by Gasteiger charge is 2.10. The number of nitrogens with zero attached hydrogens (tertiary/aromatic N) is 1. The lowest BCUT2D eigenvalue weighted by Gasteiger charge is -2.13. The van der Waals surface area contributed by atoms with Gasteiger partial charge in [0, 0.05) is 36.6 Å². The van der Waals surface area contributed by atoms with Crippen molar-refractivity contribution in [2.45, 2.75) is 0 Å². The number of nitrogen functional groups attached to an aromatic ring is 1. The molecule has 3 nitrogen and oxygen atoms in total. The first kappa shape index (κ1) is 12.2. The normalized spacial score (nSPS) is 10.1. The lowest BCUT2D eigenvalue weighted by atomic mass is 10.0. The van der Waals surface area contributed by atoms with Gasteiger partial charge in [-0.2, -0.15) is 0 Å². The molecule has 0 saturated heterocycles. The Morgan fingerprint density at radius 1 is 1.00 bits per heavy atom. The molecule has 2 N–H and O–H groups in total. The highest BCUT2D eigenvalue weighted by molar-refractivity contribution is 6.09. The molecule has 0 fully saturated rings. The first-order valence-corrected chi connectivity index (χ1v) is 5.75. The van der Waals surface area contributed by atoms with Crippen molar-refractivity contribution < 1.29 is 4.79 Å². The molecule has 0 bridgehead atoms. The minimum atomic E-state index is -0.00833. The highest BCUT2D eigenvalue weighted by atomic mass is 16.1. The van der Waals surface area contributed by atoms with Crippen LogP contribution in [0.5, 0.6) is 0 Å². The summed E-state index contributed by atoms with van der Waals surface area (Å²) >= 11 is 0. The maximum atomic E-state index is 12.3. The van der Waals surface area contributed by atoms with Gasteiger partial charge in [0.15, 0.2) is 5.78 Å². The molecule has 92 valence electrons. The van der Waals surface area contributed by atoms with Gasteiger partial charge in [0.05, 0.1) is 0 Å². The summed E-state index contributed by atoms with van der Waals surface area (Å²) in [6.07, 6.45) is 0. The Kier molecular flexibility index (Phi) is 3.33. The van der Waals surface area contributed by atoms with Crippen LogP contribution in [-0.2, 0) is 0 Å². The third kappa shape index (κ3) is 2.51. The fourth-order valence-corrected chi connectivity index (χ4v) is 1.77. The molecule has 0 radical (unpaired) electrons. The van der Waals surface area contributed by atoms with Crippen LogP contribution in [0.4, 0.5) is 11.4 Å². The molecular formula is C15H16N2O. The van der Waals surface area contributed by atoms with E-state index in [4.69, 9.17) is 5.73 Å². The molecule has 0 aliphatic heterocycles. The summed E-state index contributed by atoms with van der Waals surface area (Å²) in [6, 6.07) is 14.6. The van der Waals surface area contributed by atoms with E-state index in [9.17, 15) is 4.79 Å². The van der Waals surface area contributed by atoms with Crippen LogP contribution in [0.2, 0.25) is 0 Å². The number of rotatable bonds is 3. The molecule has 0 aromatic heterocycles. The second kappa shape index (κ2) is 4.92. The van der Waals surface area contributed by atoms with Crippen LogP contribution in [0.1, 0.15) is 15.9 Å². The second-order valence-corrected chi connectivity index (χ2v) is 4.40. The largest absolute Gasteiger partial charge is 0.399 e. The molecule has 2 aromatic carbocycles. The number of carbonyl (C=O) groups excluding carboxylic acids is 1. The molecule has 0 amide bonds. The van der Waals surface area contributed by atoms with Gasteiger partial charge in [-0.1, -0.05) is 24.3 Å². The summed E-state index contributed by atoms with van der Waals surface area (Å²) in [5.41, 5.74) is 8.59. The quantitative estimate of drug-likeness (QED) is 0.662. The van der Waals surface area contributed by atoms with Gasteiger partial charge in [0.2, 0.25) is 0 Å². The van der Waals surface area contributed by atoms with Gasteiger partial charge in [0.1, 0.15) is 0 Å². The summed E-state index contributed by atoms with van der Waals surface area (Å²) in [4.78, 5) is 14.3. The number of anilines is 2. The molecule has 2 rings (SSSR count). The van der Waals surface area contributed by atoms with Crippen molar-refractivity contribution >= 4 is 17.2 Å². The average molecular weight is 240 g/mol. The third-order valence-corrected chi connectivity index (χ3v) is 2.77. The van der Waals surface area contributed by atoms with Crippen molar-refractivity contribution in [2.24, 2.45) is 0 Å². The summed E-state index contributed by atoms with van der Waals surface area (Å²) < 4.78 is 0. The lowest BCUT2D eigenvalue weighted by molar-refractivity contribution is 0.103. The molecule has 0 saturated carbocycles. The van der Waals surface area contributed by atoms with Gasteiger partial charge in [-0.3, -0.25) is 4.79 Å². The van der Waals surface area contributed by atoms with Crippen LogP contribution in [-0.4, -0.2) is 19.9 Å². The lowest BCUT2D eigenvalue weighted by Crippen LogP contribution is -2.10. The van der Waals surface area contributed by atoms with E-state index < -0.39 is 0 Å². The first-order valence-electron chi connectivity index (χ1n) is 5.75. The van der Waals surface area contributed by atoms with Gasteiger partial charge in [-0.25, -0.2) is 0 Å². The molecule has 0 aliphatic carbocycles. The number of hydrogen-bond donors (Lipinski definition) is 1. The second-order valence-electron chi connectivity index (χ2n) is 4.40. The predicted molar refractivity (Wildman–Crippen MR) is 75.1 cm³/mol. The fourth-order valence-electron chi connectivity index (χ4n) is 1.77. The maximum absolute atomic E-state index is 12.3. The SMILES string of the molecule is CN(C)c1cccc(C(=O)c2cccc(N)c2)c1. The molecule has 0 heterocycles. The third-order valence-electron chi connectivity index (χ3n) is 2.77. The van der Waals surface area contributed by atoms with Crippen molar-refractivity contribution in [3.05, 3.63) is 59.7 Å². The first-order chi connectivity index (χ1) is 8.58. The Labute approximate surface area is 107 Å². The zero-order chi connectivity index (χ0) is 13.1. The van der Waals surface area contributed by atoms with E-state index in [0.717, 1.165) is 5.69 Å². The summed E-state index contributed by atoms with van der Waals surface area (Å²) in [6.45, 7) is 0. The Morgan fingerprint density at radius 3 is 2.22 bits per heavy atom. The van der Waals surface area contributed by atoms with Crippen molar-refractivity contribution in [2.75, 3.05) is 24.7 Å². The summed E-state index contributed by atoms with van der Waals surface area (Å²) in [7, 11) is 3.90. The van der Waals surface area contributed by atoms with E-state index in [-0.39, 0.29) is 5.78 Å². The van der Waals surface area contributed by atoms with Crippen LogP contribution < -0.4 is 10.6 Å². The number of ketones is 1. The predicted octanol–water partition coefficient (Wildman–Crippen LogP) is 2.57. The monoisotopic (exact) mass is 240 g/mol. The zero-order valence-corrected chi connectivity index (χ0v) is 10.6. The fraction of sp³-hybridized carbons (Fsp3) is 0.133. The van der Waals surface area contributed by atoms with E-state index in [1.165, 1.54) is 0 Å². The molecule has 18 heavy (non-hydrogen) atoms. The standard InChI is InChI=1S/C15H16N2O/c1-17(2)14-8-4-6-12(10-14)15(18)11-5-3-7-13(16)9-11/h3-10H,16H2,1-2H3. The van der Waals surface area contributed by atoms with E-state index in [0.29, 0.717) is 16.8 Å². The molecule has 0 aliphatic rings. The summed E-state index contributed by atoms with van der Waals surface area (Å²) in [5, 5.41) is 0. The topological polar surface area (TPSA) is 46.3 Å². The molecular weight excluding hydrogens is 224 g/mol. The van der Waals surface area contributed by atoms with Gasteiger partial charge < -0.3 is 10.6 Å². The van der Waals surface area contributed by atoms with Crippen LogP contribution in [0.15, 0.2) is 48.5 Å². The van der Waals surface area contributed by atoms with Crippen LogP contribution in [0.3, 0.4) is 0 Å². The van der Waals surface area contributed by atoms with Gasteiger partial charge >= 0.3 is 0 Å². The van der Waals surface area contributed by atoms with Crippen LogP contribution >= 0.6 is 0 Å². The molecule has 2 aromatic rings. The zero-order valence-electron chi connectivity index (χ0n) is 10.6. The van der Waals surface area contributed by atoms with Crippen LogP contribution in [0.25, 0.3) is 0 Å². The van der Waals surface area contributed by atoms with E-state index in [1.54, 1.807) is 24.3 Å². The van der Waals surface area contributed by atoms with E-state index >= 15 is 0 Å². The van der Waals surface area contributed by atoms with Crippen molar-refractivity contribution in [3.63, 3.8) is 0 Å². The van der Waals surface area contributed by atoms with Gasteiger partial charge in [-0.05, 0) is 24.3 Å². The molecule has 0 unspecified atom stereocenters. The Balaban J connectivity index is 2.37. The number of benzene rings is 2. The Bertz CT molecular complexity index is 576. The molecule has 0 spiro atoms. The average Bonchev–Trinajstić information content (AvgIpc) is 2.38. The summed E-state index contributed by atoms with van der Waals surface area (Å²) in [5.74, 6) is -0.00833. The Hall–Kier alpha value is -2.29. The van der Waals surface area contributed by atoms with Gasteiger partial charge in [0.25, 0.3) is 0 Å². The maximum Gasteiger partial charge on any atom is 0.193 e. The minimum absolute atomic E-state index is 0.00833. The number of carbonyl (C=O) groups is 1. The van der Waals surface area contributed by atoms with Crippen molar-refractivity contribution in [1.82, 2.24) is 0 Å². The molecule has 3 heteroatoms. The van der Waals surface area contributed by atoms with Crippen LogP contribution in [0, 0.1) is 0 Å². The smallest absolute Gasteiger partial charge is 0.193 e. The highest BCUT2D eigenvalue weighted by Crippen LogP contribution is 2.17. The minimum Gasteiger partial charge on any atom is -0.399 e. The number of nitrogens with two attached hydrogens (primary N) is 1.